The van der Waals surface area contributed by atoms with E-state index in [4.69, 9.17) is 10.8 Å². The van der Waals surface area contributed by atoms with Gasteiger partial charge in [0.1, 0.15) is 29.8 Å². The minimum atomic E-state index is -1.01. The summed E-state index contributed by atoms with van der Waals surface area (Å²) in [6.07, 6.45) is 0. The maximum atomic E-state index is 13.7. The van der Waals surface area contributed by atoms with Crippen LogP contribution in [0.2, 0.25) is 0 Å². The first-order valence-corrected chi connectivity index (χ1v) is 8.04. The first-order valence-electron chi connectivity index (χ1n) is 8.04. The summed E-state index contributed by atoms with van der Waals surface area (Å²) in [6, 6.07) is 9.50. The molecule has 3 aromatic rings. The van der Waals surface area contributed by atoms with E-state index in [2.05, 4.69) is 10.1 Å². The molecule has 0 unspecified atom stereocenters. The van der Waals surface area contributed by atoms with E-state index in [0.29, 0.717) is 33.8 Å². The van der Waals surface area contributed by atoms with Gasteiger partial charge < -0.3 is 10.8 Å². The molecule has 0 spiro atoms. The number of halogens is 1. The predicted molar refractivity (Wildman–Crippen MR) is 97.1 cm³/mol. The molecule has 3 N–H and O–H groups in total. The van der Waals surface area contributed by atoms with Crippen LogP contribution in [-0.4, -0.2) is 25.8 Å². The van der Waals surface area contributed by atoms with Crippen molar-refractivity contribution < 1.29 is 14.3 Å². The van der Waals surface area contributed by atoms with Gasteiger partial charge in [-0.3, -0.25) is 9.48 Å². The lowest BCUT2D eigenvalue weighted by atomic mass is 9.98. The SMILES string of the molecule is Cc1nn(CC(=O)O)c(C)c1-c1cc(-c2cccc(F)c2)c(C#N)c(N)n1. The molecule has 0 radical (unpaired) electrons. The van der Waals surface area contributed by atoms with Crippen molar-refractivity contribution in [3.05, 3.63) is 53.1 Å². The van der Waals surface area contributed by atoms with Gasteiger partial charge in [-0.15, -0.1) is 0 Å². The molecule has 0 saturated heterocycles. The maximum absolute atomic E-state index is 13.7. The van der Waals surface area contributed by atoms with Crippen LogP contribution in [0.5, 0.6) is 0 Å². The number of hydrogen-bond acceptors (Lipinski definition) is 5. The van der Waals surface area contributed by atoms with Gasteiger partial charge in [-0.2, -0.15) is 10.4 Å². The summed E-state index contributed by atoms with van der Waals surface area (Å²) in [7, 11) is 0. The van der Waals surface area contributed by atoms with Crippen LogP contribution in [0, 0.1) is 31.0 Å². The third-order valence-electron chi connectivity index (χ3n) is 4.22. The number of nitrogen functional groups attached to an aromatic ring is 1. The van der Waals surface area contributed by atoms with Crippen molar-refractivity contribution in [2.75, 3.05) is 5.73 Å². The second kappa shape index (κ2) is 6.88. The third-order valence-corrected chi connectivity index (χ3v) is 4.22. The van der Waals surface area contributed by atoms with Crippen molar-refractivity contribution in [3.63, 3.8) is 0 Å². The minimum absolute atomic E-state index is 0.0130. The first-order chi connectivity index (χ1) is 12.8. The highest BCUT2D eigenvalue weighted by Gasteiger charge is 2.20. The number of pyridine rings is 1. The van der Waals surface area contributed by atoms with Crippen molar-refractivity contribution in [2.45, 2.75) is 20.4 Å². The standard InChI is InChI=1S/C19H16FN5O2/c1-10-18(11(2)25(24-10)9-17(26)27)16-7-14(15(8-21)19(22)23-16)12-4-3-5-13(20)6-12/h3-7H,9H2,1-2H3,(H2,22,23)(H,26,27). The molecule has 0 atom stereocenters. The Morgan fingerprint density at radius 1 is 1.37 bits per heavy atom. The van der Waals surface area contributed by atoms with Gasteiger partial charge in [0.05, 0.1) is 11.4 Å². The molecule has 8 heteroatoms. The molecule has 27 heavy (non-hydrogen) atoms. The second-order valence-corrected chi connectivity index (χ2v) is 6.03. The Bertz CT molecular complexity index is 1100. The van der Waals surface area contributed by atoms with Crippen LogP contribution >= 0.6 is 0 Å². The Morgan fingerprint density at radius 2 is 2.11 bits per heavy atom. The Kier molecular flexibility index (Phi) is 4.60. The van der Waals surface area contributed by atoms with E-state index in [-0.39, 0.29) is 17.9 Å². The monoisotopic (exact) mass is 365 g/mol. The zero-order chi connectivity index (χ0) is 19.7. The highest BCUT2D eigenvalue weighted by Crippen LogP contribution is 2.33. The van der Waals surface area contributed by atoms with Gasteiger partial charge >= 0.3 is 5.97 Å². The molecule has 0 amide bonds. The summed E-state index contributed by atoms with van der Waals surface area (Å²) in [5, 5.41) is 22.7. The molecular formula is C19H16FN5O2. The summed E-state index contributed by atoms with van der Waals surface area (Å²) in [6.45, 7) is 3.18. The van der Waals surface area contributed by atoms with Crippen molar-refractivity contribution in [2.24, 2.45) is 0 Å². The fourth-order valence-electron chi connectivity index (χ4n) is 3.04. The van der Waals surface area contributed by atoms with E-state index < -0.39 is 11.8 Å². The van der Waals surface area contributed by atoms with Crippen LogP contribution in [0.1, 0.15) is 17.0 Å². The van der Waals surface area contributed by atoms with Crippen LogP contribution in [0.15, 0.2) is 30.3 Å². The average Bonchev–Trinajstić information content (AvgIpc) is 2.87. The Morgan fingerprint density at radius 3 is 2.74 bits per heavy atom. The van der Waals surface area contributed by atoms with Gasteiger partial charge in [-0.25, -0.2) is 9.37 Å². The van der Waals surface area contributed by atoms with Gasteiger partial charge in [-0.1, -0.05) is 12.1 Å². The lowest BCUT2D eigenvalue weighted by molar-refractivity contribution is -0.137. The molecule has 7 nitrogen and oxygen atoms in total. The van der Waals surface area contributed by atoms with Crippen molar-refractivity contribution in [1.82, 2.24) is 14.8 Å². The molecule has 0 aliphatic carbocycles. The van der Waals surface area contributed by atoms with Crippen molar-refractivity contribution in [1.29, 1.82) is 5.26 Å². The molecule has 0 aliphatic rings. The summed E-state index contributed by atoms with van der Waals surface area (Å²) in [5.74, 6) is -1.44. The molecular weight excluding hydrogens is 349 g/mol. The Hall–Kier alpha value is -3.73. The smallest absolute Gasteiger partial charge is 0.325 e. The predicted octanol–water partition coefficient (Wildman–Crippen LogP) is 2.91. The van der Waals surface area contributed by atoms with Crippen LogP contribution in [0.25, 0.3) is 22.4 Å². The Balaban J connectivity index is 2.24. The summed E-state index contributed by atoms with van der Waals surface area (Å²) in [4.78, 5) is 15.3. The van der Waals surface area contributed by atoms with E-state index in [9.17, 15) is 14.4 Å². The molecule has 0 saturated carbocycles. The van der Waals surface area contributed by atoms with Gasteiger partial charge in [-0.05, 0) is 37.6 Å². The maximum Gasteiger partial charge on any atom is 0.325 e. The second-order valence-electron chi connectivity index (χ2n) is 6.03. The molecule has 2 heterocycles. The van der Waals surface area contributed by atoms with Crippen LogP contribution in [-0.2, 0) is 11.3 Å². The van der Waals surface area contributed by atoms with E-state index in [1.165, 1.54) is 16.8 Å². The quantitative estimate of drug-likeness (QED) is 0.734. The molecule has 0 aliphatic heterocycles. The number of aromatic nitrogens is 3. The van der Waals surface area contributed by atoms with Crippen molar-refractivity contribution in [3.8, 4) is 28.5 Å². The van der Waals surface area contributed by atoms with E-state index in [1.54, 1.807) is 32.0 Å². The molecule has 0 bridgehead atoms. The number of anilines is 1. The lowest BCUT2D eigenvalue weighted by Crippen LogP contribution is -2.11. The molecule has 0 fully saturated rings. The number of nitrogens with zero attached hydrogens (tertiary/aromatic N) is 4. The fraction of sp³-hybridized carbons (Fsp3) is 0.158. The van der Waals surface area contributed by atoms with Gasteiger partial charge in [0.15, 0.2) is 0 Å². The van der Waals surface area contributed by atoms with Crippen molar-refractivity contribution >= 4 is 11.8 Å². The molecule has 136 valence electrons. The highest BCUT2D eigenvalue weighted by atomic mass is 19.1. The number of hydrogen-bond donors (Lipinski definition) is 2. The zero-order valence-electron chi connectivity index (χ0n) is 14.7. The highest BCUT2D eigenvalue weighted by molar-refractivity contribution is 5.81. The third kappa shape index (κ3) is 3.35. The van der Waals surface area contributed by atoms with E-state index >= 15 is 0 Å². The number of benzene rings is 1. The fourth-order valence-corrected chi connectivity index (χ4v) is 3.04. The van der Waals surface area contributed by atoms with Gasteiger partial charge in [0.2, 0.25) is 0 Å². The largest absolute Gasteiger partial charge is 0.480 e. The van der Waals surface area contributed by atoms with Crippen LogP contribution < -0.4 is 5.73 Å². The number of nitriles is 1. The lowest BCUT2D eigenvalue weighted by Gasteiger charge is -2.11. The normalized spacial score (nSPS) is 10.6. The summed E-state index contributed by atoms with van der Waals surface area (Å²) in [5.41, 5.74) is 9.34. The Labute approximate surface area is 154 Å². The zero-order valence-corrected chi connectivity index (χ0v) is 14.7. The van der Waals surface area contributed by atoms with E-state index in [1.807, 2.05) is 6.07 Å². The van der Waals surface area contributed by atoms with Crippen LogP contribution in [0.4, 0.5) is 10.2 Å². The van der Waals surface area contributed by atoms with Crippen LogP contribution in [0.3, 0.4) is 0 Å². The first kappa shape index (κ1) is 18.1. The number of aliphatic carboxylic acids is 1. The van der Waals surface area contributed by atoms with E-state index in [0.717, 1.165) is 0 Å². The summed E-state index contributed by atoms with van der Waals surface area (Å²) < 4.78 is 15.0. The summed E-state index contributed by atoms with van der Waals surface area (Å²) >= 11 is 0. The number of carbonyl (C=O) groups is 1. The number of carboxylic acid groups (broad SMARTS) is 1. The van der Waals surface area contributed by atoms with Gasteiger partial charge in [0, 0.05) is 16.8 Å². The average molecular weight is 365 g/mol. The molecule has 1 aromatic carbocycles. The molecule has 2 aromatic heterocycles. The number of nitrogens with two attached hydrogens (primary N) is 1. The number of rotatable bonds is 4. The number of aryl methyl sites for hydroxylation is 1. The number of carboxylic acids is 1. The topological polar surface area (TPSA) is 118 Å². The van der Waals surface area contributed by atoms with Gasteiger partial charge in [0.25, 0.3) is 0 Å². The molecule has 3 rings (SSSR count). The minimum Gasteiger partial charge on any atom is -0.480 e.